The van der Waals surface area contributed by atoms with E-state index >= 15 is 0 Å². The van der Waals surface area contributed by atoms with Gasteiger partial charge in [-0.1, -0.05) is 36.4 Å². The maximum absolute atomic E-state index is 13.5. The summed E-state index contributed by atoms with van der Waals surface area (Å²) in [5.74, 6) is 0.00198. The molecule has 2 aliphatic heterocycles. The number of nitriles is 1. The molecular weight excluding hydrogens is 506 g/mol. The molecule has 2 heterocycles. The number of anilines is 3. The van der Waals surface area contributed by atoms with E-state index in [0.717, 1.165) is 48.6 Å². The number of para-hydroxylation sites is 2. The SMILES string of the molecule is Cc1ccc(C(=O)N2CCN(c3ccccc3)[C@H](CO)C2)cc1NC1CCN(c2ccccc2C#N)CC1.S. The Bertz CT molecular complexity index is 1300. The van der Waals surface area contributed by atoms with Crippen molar-refractivity contribution in [2.75, 3.05) is 54.4 Å². The van der Waals surface area contributed by atoms with Crippen LogP contribution in [0.4, 0.5) is 17.1 Å². The first kappa shape index (κ1) is 28.3. The Kier molecular flexibility index (Phi) is 9.39. The van der Waals surface area contributed by atoms with E-state index in [1.165, 1.54) is 0 Å². The number of nitrogens with zero attached hydrogens (tertiary/aromatic N) is 4. The molecule has 8 heteroatoms. The minimum absolute atomic E-state index is 0. The molecule has 0 aliphatic carbocycles. The molecule has 5 rings (SSSR count). The molecule has 2 fully saturated rings. The lowest BCUT2D eigenvalue weighted by molar-refractivity contribution is 0.0699. The normalized spacial score (nSPS) is 17.8. The zero-order valence-electron chi connectivity index (χ0n) is 22.4. The molecule has 3 aromatic carbocycles. The van der Waals surface area contributed by atoms with Crippen molar-refractivity contribution >= 4 is 36.5 Å². The van der Waals surface area contributed by atoms with Gasteiger partial charge in [0.1, 0.15) is 6.07 Å². The second-order valence-corrected chi connectivity index (χ2v) is 10.2. The summed E-state index contributed by atoms with van der Waals surface area (Å²) >= 11 is 0. The number of carbonyl (C=O) groups is 1. The van der Waals surface area contributed by atoms with E-state index in [4.69, 9.17) is 0 Å². The van der Waals surface area contributed by atoms with Crippen LogP contribution in [0.25, 0.3) is 0 Å². The number of benzene rings is 3. The molecule has 0 radical (unpaired) electrons. The molecule has 0 saturated carbocycles. The van der Waals surface area contributed by atoms with E-state index in [1.54, 1.807) is 0 Å². The molecular formula is C31H37N5O2S. The van der Waals surface area contributed by atoms with Crippen LogP contribution in [0, 0.1) is 18.3 Å². The van der Waals surface area contributed by atoms with Gasteiger partial charge in [0.15, 0.2) is 0 Å². The molecule has 2 aliphatic rings. The van der Waals surface area contributed by atoms with Crippen LogP contribution < -0.4 is 15.1 Å². The highest BCUT2D eigenvalue weighted by Gasteiger charge is 2.30. The minimum Gasteiger partial charge on any atom is -0.394 e. The average molecular weight is 544 g/mol. The topological polar surface area (TPSA) is 82.8 Å². The Morgan fingerprint density at radius 2 is 1.72 bits per heavy atom. The molecule has 204 valence electrons. The first-order valence-electron chi connectivity index (χ1n) is 13.4. The van der Waals surface area contributed by atoms with Crippen LogP contribution >= 0.6 is 13.5 Å². The van der Waals surface area contributed by atoms with Crippen molar-refractivity contribution in [3.8, 4) is 6.07 Å². The summed E-state index contributed by atoms with van der Waals surface area (Å²) in [4.78, 5) is 19.8. The minimum atomic E-state index is -0.130. The van der Waals surface area contributed by atoms with E-state index < -0.39 is 0 Å². The summed E-state index contributed by atoms with van der Waals surface area (Å²) < 4.78 is 0. The van der Waals surface area contributed by atoms with Crippen molar-refractivity contribution < 1.29 is 9.90 Å². The Balaban J connectivity index is 0.00000353. The van der Waals surface area contributed by atoms with Crippen molar-refractivity contribution in [1.29, 1.82) is 5.26 Å². The Morgan fingerprint density at radius 1 is 1.00 bits per heavy atom. The molecule has 1 atom stereocenters. The number of piperidine rings is 1. The molecule has 2 N–H and O–H groups in total. The van der Waals surface area contributed by atoms with Gasteiger partial charge in [0.2, 0.25) is 0 Å². The highest BCUT2D eigenvalue weighted by atomic mass is 32.1. The number of aliphatic hydroxyl groups excluding tert-OH is 1. The van der Waals surface area contributed by atoms with Crippen molar-refractivity contribution in [1.82, 2.24) is 4.90 Å². The lowest BCUT2D eigenvalue weighted by Crippen LogP contribution is -2.56. The standard InChI is InChI=1S/C31H35N5O2.H2S/c1-23-11-12-24(31(38)35-17-18-36(28(21-35)22-37)27-8-3-2-4-9-27)19-29(23)33-26-13-15-34(16-14-26)30-10-6-5-7-25(30)20-32;/h2-12,19,26,28,33,37H,13-18,21-22H2,1H3;1H2/t28-;/m0./s1. The number of rotatable bonds is 6. The summed E-state index contributed by atoms with van der Waals surface area (Å²) in [7, 11) is 0. The van der Waals surface area contributed by atoms with Crippen LogP contribution in [0.5, 0.6) is 0 Å². The van der Waals surface area contributed by atoms with Gasteiger partial charge < -0.3 is 25.1 Å². The number of hydrogen-bond acceptors (Lipinski definition) is 6. The fraction of sp³-hybridized carbons (Fsp3) is 0.355. The molecule has 1 amide bonds. The van der Waals surface area contributed by atoms with E-state index in [1.807, 2.05) is 77.7 Å². The van der Waals surface area contributed by atoms with Gasteiger partial charge in [0, 0.05) is 55.7 Å². The number of nitrogens with one attached hydrogen (secondary N) is 1. The number of aliphatic hydroxyl groups is 1. The lowest BCUT2D eigenvalue weighted by Gasteiger charge is -2.42. The van der Waals surface area contributed by atoms with Gasteiger partial charge in [-0.3, -0.25) is 4.79 Å². The monoisotopic (exact) mass is 543 g/mol. The van der Waals surface area contributed by atoms with Crippen LogP contribution in [0.3, 0.4) is 0 Å². The van der Waals surface area contributed by atoms with Crippen molar-refractivity contribution in [3.05, 3.63) is 89.5 Å². The molecule has 3 aromatic rings. The molecule has 2 saturated heterocycles. The van der Waals surface area contributed by atoms with E-state index in [9.17, 15) is 15.2 Å². The summed E-state index contributed by atoms with van der Waals surface area (Å²) in [6.45, 7) is 5.61. The Hall–Kier alpha value is -3.67. The zero-order chi connectivity index (χ0) is 26.5. The molecule has 0 spiro atoms. The Labute approximate surface area is 238 Å². The van der Waals surface area contributed by atoms with Crippen LogP contribution in [0.15, 0.2) is 72.8 Å². The fourth-order valence-electron chi connectivity index (χ4n) is 5.58. The van der Waals surface area contributed by atoms with E-state index in [2.05, 4.69) is 28.1 Å². The molecule has 7 nitrogen and oxygen atoms in total. The quantitative estimate of drug-likeness (QED) is 0.480. The maximum Gasteiger partial charge on any atom is 0.254 e. The van der Waals surface area contributed by atoms with Gasteiger partial charge in [-0.25, -0.2) is 0 Å². The third-order valence-electron chi connectivity index (χ3n) is 7.77. The summed E-state index contributed by atoms with van der Waals surface area (Å²) in [5, 5.41) is 23.2. The van der Waals surface area contributed by atoms with Crippen LogP contribution in [0.1, 0.15) is 34.3 Å². The third-order valence-corrected chi connectivity index (χ3v) is 7.77. The van der Waals surface area contributed by atoms with Crippen LogP contribution in [0.2, 0.25) is 0 Å². The second kappa shape index (κ2) is 12.9. The number of carbonyl (C=O) groups excluding carboxylic acids is 1. The number of aryl methyl sites for hydroxylation is 1. The smallest absolute Gasteiger partial charge is 0.254 e. The van der Waals surface area contributed by atoms with Crippen LogP contribution in [-0.4, -0.2) is 67.3 Å². The van der Waals surface area contributed by atoms with Crippen molar-refractivity contribution in [2.45, 2.75) is 31.8 Å². The van der Waals surface area contributed by atoms with Gasteiger partial charge in [-0.2, -0.15) is 18.8 Å². The molecule has 0 bridgehead atoms. The van der Waals surface area contributed by atoms with Crippen molar-refractivity contribution in [3.63, 3.8) is 0 Å². The van der Waals surface area contributed by atoms with E-state index in [0.29, 0.717) is 36.8 Å². The van der Waals surface area contributed by atoms with Gasteiger partial charge in [0.05, 0.1) is 23.9 Å². The highest BCUT2D eigenvalue weighted by molar-refractivity contribution is 7.59. The van der Waals surface area contributed by atoms with Gasteiger partial charge >= 0.3 is 0 Å². The van der Waals surface area contributed by atoms with Gasteiger partial charge in [-0.15, -0.1) is 0 Å². The summed E-state index contributed by atoms with van der Waals surface area (Å²) in [5.41, 5.74) is 5.57. The fourth-order valence-corrected chi connectivity index (χ4v) is 5.58. The van der Waals surface area contributed by atoms with Gasteiger partial charge in [-0.05, 0) is 61.7 Å². The maximum atomic E-state index is 13.5. The number of hydrogen-bond donors (Lipinski definition) is 2. The molecule has 39 heavy (non-hydrogen) atoms. The predicted octanol–water partition coefficient (Wildman–Crippen LogP) is 4.38. The lowest BCUT2D eigenvalue weighted by atomic mass is 10.0. The predicted molar refractivity (Wildman–Crippen MR) is 162 cm³/mol. The summed E-state index contributed by atoms with van der Waals surface area (Å²) in [6, 6.07) is 26.2. The first-order valence-corrected chi connectivity index (χ1v) is 13.4. The van der Waals surface area contributed by atoms with Crippen LogP contribution in [-0.2, 0) is 0 Å². The highest BCUT2D eigenvalue weighted by Crippen LogP contribution is 2.27. The number of piperazine rings is 1. The third kappa shape index (κ3) is 6.32. The van der Waals surface area contributed by atoms with E-state index in [-0.39, 0.29) is 32.1 Å². The first-order chi connectivity index (χ1) is 18.6. The largest absolute Gasteiger partial charge is 0.394 e. The van der Waals surface area contributed by atoms with Crippen molar-refractivity contribution in [2.24, 2.45) is 0 Å². The molecule has 0 aromatic heterocycles. The average Bonchev–Trinajstić information content (AvgIpc) is 2.98. The number of amides is 1. The second-order valence-electron chi connectivity index (χ2n) is 10.2. The van der Waals surface area contributed by atoms with Gasteiger partial charge in [0.25, 0.3) is 5.91 Å². The summed E-state index contributed by atoms with van der Waals surface area (Å²) in [6.07, 6.45) is 1.91. The molecule has 0 unspecified atom stereocenters. The zero-order valence-corrected chi connectivity index (χ0v) is 23.4. The Morgan fingerprint density at radius 3 is 2.44 bits per heavy atom.